The molecule has 3 nitrogen and oxygen atoms in total. The first-order chi connectivity index (χ1) is 7.66. The van der Waals surface area contributed by atoms with E-state index in [2.05, 4.69) is 0 Å². The van der Waals surface area contributed by atoms with Crippen molar-refractivity contribution >= 4 is 5.97 Å². The summed E-state index contributed by atoms with van der Waals surface area (Å²) in [6, 6.07) is 5.48. The Morgan fingerprint density at radius 3 is 3.00 bits per heavy atom. The molecular weight excluding hydrogens is 204 g/mol. The van der Waals surface area contributed by atoms with Gasteiger partial charge in [-0.25, -0.2) is 0 Å². The number of fused-ring (bicyclic) bond motifs is 1. The topological polar surface area (TPSA) is 46.5 Å². The summed E-state index contributed by atoms with van der Waals surface area (Å²) in [6.45, 7) is 1.39. The SMILES string of the molecule is CC(=O)Oc1ccc2c(c1)CCCCC2O. The average Bonchev–Trinajstić information content (AvgIpc) is 2.40. The number of esters is 1. The fraction of sp³-hybridized carbons (Fsp3) is 0.462. The van der Waals surface area contributed by atoms with Crippen LogP contribution < -0.4 is 4.74 Å². The normalized spacial score (nSPS) is 19.8. The third-order valence-corrected chi connectivity index (χ3v) is 2.91. The highest BCUT2D eigenvalue weighted by Crippen LogP contribution is 2.30. The minimum Gasteiger partial charge on any atom is -0.427 e. The van der Waals surface area contributed by atoms with Gasteiger partial charge in [-0.15, -0.1) is 0 Å². The van der Waals surface area contributed by atoms with Crippen LogP contribution in [0.5, 0.6) is 5.75 Å². The van der Waals surface area contributed by atoms with E-state index in [-0.39, 0.29) is 12.1 Å². The van der Waals surface area contributed by atoms with Gasteiger partial charge >= 0.3 is 5.97 Å². The second kappa shape index (κ2) is 4.66. The first kappa shape index (κ1) is 11.1. The van der Waals surface area contributed by atoms with Crippen LogP contribution in [0, 0.1) is 0 Å². The van der Waals surface area contributed by atoms with E-state index < -0.39 is 0 Å². The standard InChI is InChI=1S/C13H16O3/c1-9(14)16-11-6-7-12-10(8-11)4-2-3-5-13(12)15/h6-8,13,15H,2-5H2,1H3. The van der Waals surface area contributed by atoms with Crippen molar-refractivity contribution < 1.29 is 14.6 Å². The van der Waals surface area contributed by atoms with E-state index in [0.29, 0.717) is 5.75 Å². The fourth-order valence-corrected chi connectivity index (χ4v) is 2.16. The smallest absolute Gasteiger partial charge is 0.308 e. The zero-order chi connectivity index (χ0) is 11.5. The predicted molar refractivity (Wildman–Crippen MR) is 60.3 cm³/mol. The van der Waals surface area contributed by atoms with Gasteiger partial charge < -0.3 is 9.84 Å². The van der Waals surface area contributed by atoms with Crippen LogP contribution in [-0.4, -0.2) is 11.1 Å². The Morgan fingerprint density at radius 1 is 1.44 bits per heavy atom. The molecule has 86 valence electrons. The Bertz CT molecular complexity index is 398. The maximum absolute atomic E-state index is 10.8. The quantitative estimate of drug-likeness (QED) is 0.449. The highest BCUT2D eigenvalue weighted by molar-refractivity contribution is 5.69. The molecule has 0 aliphatic heterocycles. The van der Waals surface area contributed by atoms with Crippen molar-refractivity contribution in [3.05, 3.63) is 29.3 Å². The first-order valence-corrected chi connectivity index (χ1v) is 5.66. The second-order valence-corrected chi connectivity index (χ2v) is 4.22. The van der Waals surface area contributed by atoms with Crippen molar-refractivity contribution in [1.29, 1.82) is 0 Å². The molecule has 0 saturated heterocycles. The van der Waals surface area contributed by atoms with Gasteiger partial charge in [-0.05, 0) is 42.5 Å². The number of aryl methyl sites for hydroxylation is 1. The maximum Gasteiger partial charge on any atom is 0.308 e. The van der Waals surface area contributed by atoms with Crippen LogP contribution in [0.4, 0.5) is 0 Å². The number of aliphatic hydroxyl groups excluding tert-OH is 1. The maximum atomic E-state index is 10.8. The van der Waals surface area contributed by atoms with Crippen LogP contribution in [0.3, 0.4) is 0 Å². The highest BCUT2D eigenvalue weighted by Gasteiger charge is 2.16. The van der Waals surface area contributed by atoms with Crippen molar-refractivity contribution in [2.24, 2.45) is 0 Å². The van der Waals surface area contributed by atoms with Gasteiger partial charge in [0.2, 0.25) is 0 Å². The fourth-order valence-electron chi connectivity index (χ4n) is 2.16. The summed E-state index contributed by atoms with van der Waals surface area (Å²) in [4.78, 5) is 10.8. The van der Waals surface area contributed by atoms with Gasteiger partial charge in [-0.3, -0.25) is 4.79 Å². The first-order valence-electron chi connectivity index (χ1n) is 5.66. The number of hydrogen-bond acceptors (Lipinski definition) is 3. The average molecular weight is 220 g/mol. The van der Waals surface area contributed by atoms with Crippen LogP contribution >= 0.6 is 0 Å². The Kier molecular flexibility index (Phi) is 3.25. The van der Waals surface area contributed by atoms with Crippen LogP contribution in [0.1, 0.15) is 43.4 Å². The molecule has 0 amide bonds. The molecule has 1 aliphatic carbocycles. The molecule has 1 aliphatic rings. The number of carbonyl (C=O) groups is 1. The van der Waals surface area contributed by atoms with E-state index in [1.165, 1.54) is 6.92 Å². The van der Waals surface area contributed by atoms with Gasteiger partial charge in [0.1, 0.15) is 5.75 Å². The molecule has 1 unspecified atom stereocenters. The molecule has 0 heterocycles. The lowest BCUT2D eigenvalue weighted by atomic mass is 10.0. The zero-order valence-corrected chi connectivity index (χ0v) is 9.40. The van der Waals surface area contributed by atoms with E-state index >= 15 is 0 Å². The monoisotopic (exact) mass is 220 g/mol. The lowest BCUT2D eigenvalue weighted by Gasteiger charge is -2.12. The summed E-state index contributed by atoms with van der Waals surface area (Å²) in [6.07, 6.45) is 3.51. The summed E-state index contributed by atoms with van der Waals surface area (Å²) in [7, 11) is 0. The largest absolute Gasteiger partial charge is 0.427 e. The molecule has 0 saturated carbocycles. The molecule has 16 heavy (non-hydrogen) atoms. The Labute approximate surface area is 95.0 Å². The van der Waals surface area contributed by atoms with Crippen LogP contribution in [0.15, 0.2) is 18.2 Å². The molecule has 0 fully saturated rings. The summed E-state index contributed by atoms with van der Waals surface area (Å²) >= 11 is 0. The van der Waals surface area contributed by atoms with Gasteiger partial charge in [0, 0.05) is 6.92 Å². The third kappa shape index (κ3) is 2.42. The predicted octanol–water partition coefficient (Wildman–Crippen LogP) is 2.37. The number of rotatable bonds is 1. The molecule has 0 aromatic heterocycles. The number of aliphatic hydroxyl groups is 1. The van der Waals surface area contributed by atoms with Gasteiger partial charge in [0.05, 0.1) is 6.10 Å². The number of ether oxygens (including phenoxy) is 1. The van der Waals surface area contributed by atoms with Crippen molar-refractivity contribution in [2.45, 2.75) is 38.7 Å². The molecule has 1 aromatic carbocycles. The van der Waals surface area contributed by atoms with E-state index in [1.807, 2.05) is 12.1 Å². The van der Waals surface area contributed by atoms with E-state index in [1.54, 1.807) is 6.07 Å². The van der Waals surface area contributed by atoms with Crippen molar-refractivity contribution in [1.82, 2.24) is 0 Å². The number of carbonyl (C=O) groups excluding carboxylic acids is 1. The Morgan fingerprint density at radius 2 is 2.25 bits per heavy atom. The molecule has 2 rings (SSSR count). The Balaban J connectivity index is 2.29. The Hall–Kier alpha value is -1.35. The molecule has 3 heteroatoms. The summed E-state index contributed by atoms with van der Waals surface area (Å²) < 4.78 is 5.04. The molecule has 1 N–H and O–H groups in total. The van der Waals surface area contributed by atoms with Gasteiger partial charge in [-0.2, -0.15) is 0 Å². The second-order valence-electron chi connectivity index (χ2n) is 4.22. The minimum absolute atomic E-state index is 0.311. The molecule has 0 spiro atoms. The van der Waals surface area contributed by atoms with Gasteiger partial charge in [-0.1, -0.05) is 12.5 Å². The summed E-state index contributed by atoms with van der Waals surface area (Å²) in [5.41, 5.74) is 2.08. The summed E-state index contributed by atoms with van der Waals surface area (Å²) in [5, 5.41) is 9.91. The van der Waals surface area contributed by atoms with Crippen LogP contribution in [0.25, 0.3) is 0 Å². The van der Waals surface area contributed by atoms with Gasteiger partial charge in [0.25, 0.3) is 0 Å². The summed E-state index contributed by atoms with van der Waals surface area (Å²) in [5.74, 6) is 0.259. The number of hydrogen-bond donors (Lipinski definition) is 1. The molecule has 0 bridgehead atoms. The highest BCUT2D eigenvalue weighted by atomic mass is 16.5. The van der Waals surface area contributed by atoms with Crippen molar-refractivity contribution in [2.75, 3.05) is 0 Å². The van der Waals surface area contributed by atoms with E-state index in [4.69, 9.17) is 4.74 Å². The molecule has 1 atom stereocenters. The zero-order valence-electron chi connectivity index (χ0n) is 9.40. The minimum atomic E-state index is -0.371. The van der Waals surface area contributed by atoms with Crippen LogP contribution in [0.2, 0.25) is 0 Å². The van der Waals surface area contributed by atoms with Crippen molar-refractivity contribution in [3.63, 3.8) is 0 Å². The molecular formula is C13H16O3. The van der Waals surface area contributed by atoms with E-state index in [9.17, 15) is 9.90 Å². The van der Waals surface area contributed by atoms with Crippen LogP contribution in [-0.2, 0) is 11.2 Å². The third-order valence-electron chi connectivity index (χ3n) is 2.91. The molecule has 1 aromatic rings. The van der Waals surface area contributed by atoms with Gasteiger partial charge in [0.15, 0.2) is 0 Å². The molecule has 0 radical (unpaired) electrons. The van der Waals surface area contributed by atoms with E-state index in [0.717, 1.165) is 36.8 Å². The number of benzene rings is 1. The lowest BCUT2D eigenvalue weighted by Crippen LogP contribution is -2.04. The van der Waals surface area contributed by atoms with Crippen molar-refractivity contribution in [3.8, 4) is 5.75 Å². The lowest BCUT2D eigenvalue weighted by molar-refractivity contribution is -0.131.